The van der Waals surface area contributed by atoms with Crippen LogP contribution in [0.25, 0.3) is 0 Å². The van der Waals surface area contributed by atoms with Crippen LogP contribution in [0.5, 0.6) is 0 Å². The highest BCUT2D eigenvalue weighted by atomic mass is 35.5. The summed E-state index contributed by atoms with van der Waals surface area (Å²) in [4.78, 5) is 27.2. The van der Waals surface area contributed by atoms with Gasteiger partial charge in [0, 0.05) is 30.2 Å². The van der Waals surface area contributed by atoms with Gasteiger partial charge in [-0.15, -0.1) is 0 Å². The fourth-order valence-corrected chi connectivity index (χ4v) is 2.73. The van der Waals surface area contributed by atoms with Crippen molar-refractivity contribution in [3.05, 3.63) is 33.8 Å². The molecule has 0 saturated carbocycles. The number of amides is 3. The molecule has 1 aromatic rings. The third-order valence-electron chi connectivity index (χ3n) is 3.59. The number of hydrogen-bond acceptors (Lipinski definition) is 2. The highest BCUT2D eigenvalue weighted by molar-refractivity contribution is 6.35. The van der Waals surface area contributed by atoms with Gasteiger partial charge in [0.15, 0.2) is 0 Å². The maximum absolute atomic E-state index is 12.2. The molecule has 0 unspecified atom stereocenters. The van der Waals surface area contributed by atoms with E-state index in [0.29, 0.717) is 29.7 Å². The van der Waals surface area contributed by atoms with Crippen LogP contribution in [0.2, 0.25) is 10.0 Å². The first-order valence-electron chi connectivity index (χ1n) is 6.67. The second kappa shape index (κ2) is 6.54. The van der Waals surface area contributed by atoms with Crippen molar-refractivity contribution in [3.8, 4) is 0 Å². The van der Waals surface area contributed by atoms with Crippen LogP contribution < -0.4 is 5.32 Å². The van der Waals surface area contributed by atoms with Crippen molar-refractivity contribution in [2.75, 3.05) is 20.1 Å². The summed E-state index contributed by atoms with van der Waals surface area (Å²) in [7, 11) is 1.64. The molecule has 21 heavy (non-hydrogen) atoms. The van der Waals surface area contributed by atoms with Crippen LogP contribution in [0.15, 0.2) is 18.2 Å². The summed E-state index contributed by atoms with van der Waals surface area (Å²) >= 11 is 11.9. The van der Waals surface area contributed by atoms with Crippen LogP contribution in [0.3, 0.4) is 0 Å². The quantitative estimate of drug-likeness (QED) is 0.921. The normalized spacial score (nSPS) is 18.3. The summed E-state index contributed by atoms with van der Waals surface area (Å²) in [6, 6.07) is 4.53. The summed E-state index contributed by atoms with van der Waals surface area (Å²) < 4.78 is 0. The van der Waals surface area contributed by atoms with Crippen LogP contribution in [0, 0.1) is 0 Å². The molecule has 0 aliphatic carbocycles. The molecule has 1 atom stereocenters. The number of likely N-dealkylation sites (N-methyl/N-ethyl adjacent to an activating group) is 2. The van der Waals surface area contributed by atoms with Crippen molar-refractivity contribution in [2.45, 2.75) is 19.5 Å². The zero-order valence-corrected chi connectivity index (χ0v) is 13.4. The molecule has 1 aliphatic rings. The Bertz CT molecular complexity index is 565. The van der Waals surface area contributed by atoms with E-state index in [1.165, 1.54) is 4.90 Å². The molecular weight excluding hydrogens is 313 g/mol. The zero-order chi connectivity index (χ0) is 15.6. The first kappa shape index (κ1) is 15.9. The Labute approximate surface area is 133 Å². The molecule has 2 rings (SSSR count). The number of carbonyl (C=O) groups is 2. The summed E-state index contributed by atoms with van der Waals surface area (Å²) in [6.07, 6.45) is 0. The van der Waals surface area contributed by atoms with Crippen LogP contribution in [0.4, 0.5) is 4.79 Å². The fourth-order valence-electron chi connectivity index (χ4n) is 2.25. The summed E-state index contributed by atoms with van der Waals surface area (Å²) in [5, 5.41) is 3.87. The number of benzene rings is 1. The Morgan fingerprint density at radius 1 is 1.43 bits per heavy atom. The number of carbonyl (C=O) groups excluding carboxylic acids is 2. The SMILES string of the molecule is CCN1C[C@@H](C(=O)NCc2ccc(Cl)cc2Cl)N(C)C1=O. The maximum Gasteiger partial charge on any atom is 0.320 e. The van der Waals surface area contributed by atoms with Crippen LogP contribution >= 0.6 is 23.2 Å². The van der Waals surface area contributed by atoms with Gasteiger partial charge in [-0.2, -0.15) is 0 Å². The minimum absolute atomic E-state index is 0.123. The Morgan fingerprint density at radius 2 is 2.14 bits per heavy atom. The minimum atomic E-state index is -0.469. The standard InChI is InChI=1S/C14H17Cl2N3O2/c1-3-19-8-12(18(2)14(19)21)13(20)17-7-9-4-5-10(15)6-11(9)16/h4-6,12H,3,7-8H2,1-2H3,(H,17,20)/t12-/m0/s1. The van der Waals surface area contributed by atoms with E-state index in [0.717, 1.165) is 5.56 Å². The molecule has 5 nitrogen and oxygen atoms in total. The largest absolute Gasteiger partial charge is 0.350 e. The Morgan fingerprint density at radius 3 is 2.71 bits per heavy atom. The zero-order valence-electron chi connectivity index (χ0n) is 11.9. The van der Waals surface area contributed by atoms with Gasteiger partial charge in [-0.3, -0.25) is 4.79 Å². The molecule has 1 heterocycles. The number of nitrogens with one attached hydrogen (secondary N) is 1. The van der Waals surface area contributed by atoms with Gasteiger partial charge < -0.3 is 15.1 Å². The van der Waals surface area contributed by atoms with E-state index in [1.54, 1.807) is 30.1 Å². The molecule has 114 valence electrons. The van der Waals surface area contributed by atoms with Crippen molar-refractivity contribution in [1.29, 1.82) is 0 Å². The highest BCUT2D eigenvalue weighted by Crippen LogP contribution is 2.21. The Kier molecular flexibility index (Phi) is 4.96. The van der Waals surface area contributed by atoms with E-state index in [2.05, 4.69) is 5.32 Å². The third kappa shape index (κ3) is 3.41. The highest BCUT2D eigenvalue weighted by Gasteiger charge is 2.37. The van der Waals surface area contributed by atoms with Crippen molar-refractivity contribution in [1.82, 2.24) is 15.1 Å². The topological polar surface area (TPSA) is 52.7 Å². The molecule has 1 saturated heterocycles. The molecule has 1 aromatic carbocycles. The van der Waals surface area contributed by atoms with E-state index in [-0.39, 0.29) is 11.9 Å². The summed E-state index contributed by atoms with van der Waals surface area (Å²) in [6.45, 7) is 3.20. The van der Waals surface area contributed by atoms with Gasteiger partial charge in [0.1, 0.15) is 6.04 Å². The van der Waals surface area contributed by atoms with Crippen molar-refractivity contribution < 1.29 is 9.59 Å². The fraction of sp³-hybridized carbons (Fsp3) is 0.429. The lowest BCUT2D eigenvalue weighted by molar-refractivity contribution is -0.124. The van der Waals surface area contributed by atoms with E-state index in [1.807, 2.05) is 6.92 Å². The number of halogens is 2. The monoisotopic (exact) mass is 329 g/mol. The lowest BCUT2D eigenvalue weighted by Gasteiger charge is -2.17. The van der Waals surface area contributed by atoms with Gasteiger partial charge in [-0.05, 0) is 24.6 Å². The lowest BCUT2D eigenvalue weighted by Crippen LogP contribution is -2.43. The lowest BCUT2D eigenvalue weighted by atomic mass is 10.2. The van der Waals surface area contributed by atoms with E-state index < -0.39 is 6.04 Å². The molecule has 0 spiro atoms. The van der Waals surface area contributed by atoms with E-state index >= 15 is 0 Å². The molecule has 0 aromatic heterocycles. The average Bonchev–Trinajstić information content (AvgIpc) is 2.74. The molecular formula is C14H17Cl2N3O2. The third-order valence-corrected chi connectivity index (χ3v) is 4.17. The van der Waals surface area contributed by atoms with Crippen molar-refractivity contribution in [2.24, 2.45) is 0 Å². The molecule has 1 fully saturated rings. The molecule has 1 N–H and O–H groups in total. The van der Waals surface area contributed by atoms with E-state index in [9.17, 15) is 9.59 Å². The smallest absolute Gasteiger partial charge is 0.320 e. The Balaban J connectivity index is 1.97. The van der Waals surface area contributed by atoms with Gasteiger partial charge in [0.05, 0.1) is 6.54 Å². The second-order valence-electron chi connectivity index (χ2n) is 4.90. The van der Waals surface area contributed by atoms with Gasteiger partial charge in [-0.25, -0.2) is 4.79 Å². The minimum Gasteiger partial charge on any atom is -0.350 e. The van der Waals surface area contributed by atoms with Gasteiger partial charge >= 0.3 is 6.03 Å². The van der Waals surface area contributed by atoms with Gasteiger partial charge in [-0.1, -0.05) is 29.3 Å². The predicted molar refractivity (Wildman–Crippen MR) is 82.5 cm³/mol. The molecule has 0 radical (unpaired) electrons. The van der Waals surface area contributed by atoms with E-state index in [4.69, 9.17) is 23.2 Å². The van der Waals surface area contributed by atoms with Crippen molar-refractivity contribution in [3.63, 3.8) is 0 Å². The molecule has 3 amide bonds. The summed E-state index contributed by atoms with van der Waals surface area (Å²) in [5.41, 5.74) is 0.786. The van der Waals surface area contributed by atoms with Gasteiger partial charge in [0.2, 0.25) is 5.91 Å². The van der Waals surface area contributed by atoms with Crippen LogP contribution in [-0.4, -0.2) is 47.9 Å². The van der Waals surface area contributed by atoms with Gasteiger partial charge in [0.25, 0.3) is 0 Å². The van der Waals surface area contributed by atoms with Crippen molar-refractivity contribution >= 4 is 35.1 Å². The number of hydrogen-bond donors (Lipinski definition) is 1. The number of rotatable bonds is 4. The molecule has 7 heteroatoms. The first-order valence-corrected chi connectivity index (χ1v) is 7.43. The maximum atomic E-state index is 12.2. The van der Waals surface area contributed by atoms with Crippen LogP contribution in [0.1, 0.15) is 12.5 Å². The number of nitrogens with zero attached hydrogens (tertiary/aromatic N) is 2. The number of urea groups is 1. The van der Waals surface area contributed by atoms with Crippen LogP contribution in [-0.2, 0) is 11.3 Å². The first-order chi connectivity index (χ1) is 9.93. The summed E-state index contributed by atoms with van der Waals surface area (Å²) in [5.74, 6) is -0.187. The molecule has 0 bridgehead atoms. The Hall–Kier alpha value is -1.46. The predicted octanol–water partition coefficient (Wildman–Crippen LogP) is 2.37. The average molecular weight is 330 g/mol. The molecule has 1 aliphatic heterocycles. The second-order valence-corrected chi connectivity index (χ2v) is 5.75.